The molecule has 3 fully saturated rings. The molecule has 1 spiro atoms. The number of ether oxygens (including phenoxy) is 2. The first-order chi connectivity index (χ1) is 27.8. The number of fused-ring (bicyclic) bond motifs is 2. The molecule has 6 rings (SSSR count). The van der Waals surface area contributed by atoms with Crippen molar-refractivity contribution >= 4 is 43.8 Å². The van der Waals surface area contributed by atoms with Gasteiger partial charge in [0.15, 0.2) is 20.3 Å². The van der Waals surface area contributed by atoms with Gasteiger partial charge in [-0.25, -0.2) is 14.5 Å². The molecule has 13 nitrogen and oxygen atoms in total. The number of phenolic OH excluding ortho intramolecular Hbond substituents is 1. The van der Waals surface area contributed by atoms with Crippen molar-refractivity contribution in [3.63, 3.8) is 0 Å². The molecule has 2 aromatic rings. The lowest BCUT2D eigenvalue weighted by Crippen LogP contribution is -2.58. The van der Waals surface area contributed by atoms with Crippen LogP contribution >= 0.6 is 0 Å². The number of Topliss-reactive ketones (excluding diaryl/α,β-unsaturated/α-hetero) is 1. The second-order valence-electron chi connectivity index (χ2n) is 18.6. The SMILES string of the molecule is C=CCOC(=O)N1CCC[C@H]1C(=O)N[C@H](C(=O)Cc1ccc(COC(=O)N2c3cc(O)c(C)cc3C(=O)N3CC4(CC4)C[C@H]3C2O[Si](C)(C)C(C)(C)C)cc1)[C@@H](C)CC. The Morgan fingerprint density at radius 3 is 2.37 bits per heavy atom. The summed E-state index contributed by atoms with van der Waals surface area (Å²) in [5, 5.41) is 13.7. The zero-order valence-electron chi connectivity index (χ0n) is 36.0. The molecule has 1 saturated carbocycles. The van der Waals surface area contributed by atoms with Crippen LogP contribution in [0.15, 0.2) is 49.1 Å². The third-order valence-corrected chi connectivity index (χ3v) is 17.8. The Balaban J connectivity index is 1.18. The fourth-order valence-electron chi connectivity index (χ4n) is 8.22. The minimum absolute atomic E-state index is 0.0238. The van der Waals surface area contributed by atoms with Crippen molar-refractivity contribution in [2.24, 2.45) is 11.3 Å². The number of aromatic hydroxyl groups is 1. The fraction of sp³-hybridized carbons (Fsp3) is 0.578. The average Bonchev–Trinajstić information content (AvgIpc) is 3.59. The van der Waals surface area contributed by atoms with Crippen molar-refractivity contribution in [1.29, 1.82) is 0 Å². The summed E-state index contributed by atoms with van der Waals surface area (Å²) < 4.78 is 18.3. The summed E-state index contributed by atoms with van der Waals surface area (Å²) in [5.74, 6) is -0.888. The van der Waals surface area contributed by atoms with Crippen LogP contribution in [-0.2, 0) is 36.5 Å². The standard InChI is InChI=1S/C45H62N4O9Si/c1-10-21-56-42(54)47-20-12-13-33(47)39(52)46-38(28(3)11-2)37(51)23-30-14-16-31(17-15-30)26-57-43(55)49-34-24-36(50)29(4)22-32(34)40(53)48-27-45(18-19-45)25-35(48)41(49)58-59(8,9)44(5,6)7/h10,14-17,22,24,28,33,35,38,41,50H,1,11-13,18-21,23,25-27H2,2-9H3,(H,46,52)/t28-,33-,35-,38-,41?/m0/s1. The van der Waals surface area contributed by atoms with E-state index in [9.17, 15) is 29.1 Å². The first kappa shape index (κ1) is 43.9. The number of hydrogen-bond donors (Lipinski definition) is 2. The second kappa shape index (κ2) is 17.1. The summed E-state index contributed by atoms with van der Waals surface area (Å²) in [6.07, 6.45) is 4.00. The van der Waals surface area contributed by atoms with Gasteiger partial charge in [-0.1, -0.05) is 78.0 Å². The van der Waals surface area contributed by atoms with E-state index in [2.05, 4.69) is 45.8 Å². The van der Waals surface area contributed by atoms with E-state index in [0.717, 1.165) is 18.4 Å². The van der Waals surface area contributed by atoms with Gasteiger partial charge in [-0.3, -0.25) is 19.3 Å². The number of phenols is 1. The van der Waals surface area contributed by atoms with Gasteiger partial charge < -0.3 is 29.2 Å². The molecule has 5 atom stereocenters. The average molecular weight is 831 g/mol. The molecule has 2 N–H and O–H groups in total. The molecule has 1 aliphatic carbocycles. The van der Waals surface area contributed by atoms with Gasteiger partial charge in [-0.2, -0.15) is 0 Å². The van der Waals surface area contributed by atoms with Crippen LogP contribution in [0, 0.1) is 18.3 Å². The van der Waals surface area contributed by atoms with E-state index < -0.39 is 44.9 Å². The lowest BCUT2D eigenvalue weighted by Gasteiger charge is -2.44. The Kier molecular flexibility index (Phi) is 12.7. The Hall–Kier alpha value is -4.69. The molecule has 2 aromatic carbocycles. The minimum atomic E-state index is -2.53. The van der Waals surface area contributed by atoms with Crippen molar-refractivity contribution < 1.29 is 43.0 Å². The highest BCUT2D eigenvalue weighted by atomic mass is 28.4. The number of carbonyl (C=O) groups excluding carboxylic acids is 5. The maximum absolute atomic E-state index is 14.5. The van der Waals surface area contributed by atoms with Crippen LogP contribution in [0.5, 0.6) is 5.75 Å². The number of rotatable bonds is 13. The van der Waals surface area contributed by atoms with E-state index in [4.69, 9.17) is 13.9 Å². The molecule has 0 aromatic heterocycles. The lowest BCUT2D eigenvalue weighted by molar-refractivity contribution is -0.131. The molecule has 0 radical (unpaired) electrons. The summed E-state index contributed by atoms with van der Waals surface area (Å²) in [7, 11) is -2.53. The van der Waals surface area contributed by atoms with Crippen LogP contribution in [0.3, 0.4) is 0 Å². The zero-order chi connectivity index (χ0) is 43.0. The van der Waals surface area contributed by atoms with Crippen molar-refractivity contribution in [1.82, 2.24) is 15.1 Å². The van der Waals surface area contributed by atoms with Gasteiger partial charge in [0.25, 0.3) is 5.91 Å². The van der Waals surface area contributed by atoms with Crippen LogP contribution in [0.1, 0.15) is 100 Å². The summed E-state index contributed by atoms with van der Waals surface area (Å²) in [4.78, 5) is 73.3. The maximum atomic E-state index is 14.5. The number of amides is 4. The van der Waals surface area contributed by atoms with Crippen molar-refractivity contribution in [2.75, 3.05) is 24.6 Å². The maximum Gasteiger partial charge on any atom is 0.416 e. The molecule has 14 heteroatoms. The molecule has 59 heavy (non-hydrogen) atoms. The number of ketones is 1. The predicted molar refractivity (Wildman–Crippen MR) is 226 cm³/mol. The van der Waals surface area contributed by atoms with E-state index in [1.165, 1.54) is 21.9 Å². The molecular weight excluding hydrogens is 769 g/mol. The highest BCUT2D eigenvalue weighted by Gasteiger charge is 2.59. The number of hydrogen-bond acceptors (Lipinski definition) is 9. The van der Waals surface area contributed by atoms with Crippen LogP contribution in [-0.4, -0.2) is 97.1 Å². The Labute approximate surface area is 349 Å². The van der Waals surface area contributed by atoms with E-state index in [-0.39, 0.29) is 65.0 Å². The molecular formula is C45H62N4O9Si. The molecule has 320 valence electrons. The summed E-state index contributed by atoms with van der Waals surface area (Å²) in [6.45, 7) is 20.8. The number of likely N-dealkylation sites (tertiary alicyclic amines) is 1. The minimum Gasteiger partial charge on any atom is -0.508 e. The van der Waals surface area contributed by atoms with E-state index in [1.807, 2.05) is 18.7 Å². The van der Waals surface area contributed by atoms with Crippen molar-refractivity contribution in [3.05, 3.63) is 71.3 Å². The second-order valence-corrected chi connectivity index (χ2v) is 23.4. The summed E-state index contributed by atoms with van der Waals surface area (Å²) in [6, 6.07) is 8.48. The zero-order valence-corrected chi connectivity index (χ0v) is 37.0. The summed E-state index contributed by atoms with van der Waals surface area (Å²) in [5.41, 5.74) is 2.56. The number of carbonyl (C=O) groups is 5. The van der Waals surface area contributed by atoms with Gasteiger partial charge in [-0.15, -0.1) is 0 Å². The van der Waals surface area contributed by atoms with E-state index >= 15 is 0 Å². The van der Waals surface area contributed by atoms with Gasteiger partial charge in [0.1, 0.15) is 25.0 Å². The number of nitrogens with one attached hydrogen (secondary N) is 1. The van der Waals surface area contributed by atoms with E-state index in [1.54, 1.807) is 37.3 Å². The largest absolute Gasteiger partial charge is 0.508 e. The Bertz CT molecular complexity index is 1960. The molecule has 3 heterocycles. The van der Waals surface area contributed by atoms with Crippen LogP contribution in [0.25, 0.3) is 0 Å². The van der Waals surface area contributed by atoms with E-state index in [0.29, 0.717) is 55.5 Å². The third-order valence-electron chi connectivity index (χ3n) is 13.3. The topological polar surface area (TPSA) is 155 Å². The van der Waals surface area contributed by atoms with Crippen LogP contribution < -0.4 is 10.2 Å². The van der Waals surface area contributed by atoms with Crippen molar-refractivity contribution in [3.8, 4) is 5.75 Å². The fourth-order valence-corrected chi connectivity index (χ4v) is 9.44. The Morgan fingerprint density at radius 2 is 1.75 bits per heavy atom. The van der Waals surface area contributed by atoms with Gasteiger partial charge in [0, 0.05) is 25.6 Å². The van der Waals surface area contributed by atoms with Gasteiger partial charge in [-0.05, 0) is 91.2 Å². The predicted octanol–water partition coefficient (Wildman–Crippen LogP) is 7.63. The van der Waals surface area contributed by atoms with Crippen LogP contribution in [0.4, 0.5) is 15.3 Å². The molecule has 4 aliphatic rings. The molecule has 3 aliphatic heterocycles. The highest BCUT2D eigenvalue weighted by molar-refractivity contribution is 6.74. The highest BCUT2D eigenvalue weighted by Crippen LogP contribution is 2.57. The molecule has 4 amide bonds. The number of aryl methyl sites for hydroxylation is 1. The van der Waals surface area contributed by atoms with Gasteiger partial charge in [0.2, 0.25) is 5.91 Å². The van der Waals surface area contributed by atoms with Crippen LogP contribution in [0.2, 0.25) is 18.1 Å². The first-order valence-corrected chi connectivity index (χ1v) is 23.9. The molecule has 1 unspecified atom stereocenters. The summed E-state index contributed by atoms with van der Waals surface area (Å²) >= 11 is 0. The molecule has 2 saturated heterocycles. The van der Waals surface area contributed by atoms with Crippen molar-refractivity contribution in [2.45, 2.75) is 136 Å². The van der Waals surface area contributed by atoms with Gasteiger partial charge >= 0.3 is 12.2 Å². The number of nitrogens with zero attached hydrogens (tertiary/aromatic N) is 3. The monoisotopic (exact) mass is 830 g/mol. The van der Waals surface area contributed by atoms with Gasteiger partial charge in [0.05, 0.1) is 23.3 Å². The number of benzene rings is 2. The normalized spacial score (nSPS) is 21.9. The Morgan fingerprint density at radius 1 is 1.07 bits per heavy atom. The lowest BCUT2D eigenvalue weighted by atomic mass is 9.91. The third kappa shape index (κ3) is 9.23. The molecule has 0 bridgehead atoms. The number of anilines is 1. The first-order valence-electron chi connectivity index (χ1n) is 21.0. The quantitative estimate of drug-likeness (QED) is 0.153. The smallest absolute Gasteiger partial charge is 0.416 e.